The normalized spacial score (nSPS) is 12.2. The maximum atomic E-state index is 14.4. The van der Waals surface area contributed by atoms with Crippen LogP contribution >= 0.6 is 11.6 Å². The Kier molecular flexibility index (Phi) is 8.38. The minimum Gasteiger partial charge on any atom is -0.480 e. The first-order chi connectivity index (χ1) is 18.9. The Bertz CT molecular complexity index is 1600. The molecule has 3 aromatic carbocycles. The number of carbonyl (C=O) groups is 2. The van der Waals surface area contributed by atoms with Crippen LogP contribution in [0, 0.1) is 5.82 Å². The highest BCUT2D eigenvalue weighted by Crippen LogP contribution is 2.32. The number of rotatable bonds is 9. The summed E-state index contributed by atoms with van der Waals surface area (Å²) in [6, 6.07) is 14.7. The van der Waals surface area contributed by atoms with Crippen LogP contribution in [0.2, 0.25) is 5.02 Å². The van der Waals surface area contributed by atoms with Crippen LogP contribution in [0.3, 0.4) is 0 Å². The van der Waals surface area contributed by atoms with Crippen molar-refractivity contribution < 1.29 is 32.3 Å². The number of benzene rings is 3. The molecule has 0 aliphatic rings. The third kappa shape index (κ3) is 6.57. The van der Waals surface area contributed by atoms with E-state index in [4.69, 9.17) is 11.6 Å². The molecule has 0 fully saturated rings. The van der Waals surface area contributed by atoms with Gasteiger partial charge in [-0.1, -0.05) is 48.0 Å². The van der Waals surface area contributed by atoms with E-state index in [-0.39, 0.29) is 23.5 Å². The van der Waals surface area contributed by atoms with Gasteiger partial charge in [0.15, 0.2) is 5.82 Å². The Hall–Kier alpha value is -4.45. The van der Waals surface area contributed by atoms with Gasteiger partial charge in [-0.2, -0.15) is 13.2 Å². The maximum absolute atomic E-state index is 14.4. The summed E-state index contributed by atoms with van der Waals surface area (Å²) in [7, 11) is 0. The standard InChI is InChI=1S/C27H21ClF4N4O4/c28-19-11-9-16(10-12-19)24-34-36(26(40)35(24)14-18-6-2-4-8-21(18)29)15-23(37)33-22(25(38)39)13-17-5-1-3-7-20(17)27(30,31)32/h1-12,22H,13-15H2,(H,33,37)(H,38,39)/t22-/m1/s1. The molecule has 1 atom stereocenters. The van der Waals surface area contributed by atoms with Crippen molar-refractivity contribution in [3.8, 4) is 11.4 Å². The van der Waals surface area contributed by atoms with E-state index in [0.717, 1.165) is 21.4 Å². The summed E-state index contributed by atoms with van der Waals surface area (Å²) >= 11 is 5.95. The maximum Gasteiger partial charge on any atom is 0.416 e. The van der Waals surface area contributed by atoms with Gasteiger partial charge in [-0.3, -0.25) is 9.36 Å². The predicted molar refractivity (Wildman–Crippen MR) is 137 cm³/mol. The quantitative estimate of drug-likeness (QED) is 0.288. The van der Waals surface area contributed by atoms with Crippen LogP contribution in [0.15, 0.2) is 77.6 Å². The molecule has 40 heavy (non-hydrogen) atoms. The van der Waals surface area contributed by atoms with Crippen LogP contribution in [0.1, 0.15) is 16.7 Å². The third-order valence-corrected chi connectivity index (χ3v) is 6.24. The third-order valence-electron chi connectivity index (χ3n) is 5.99. The minimum absolute atomic E-state index is 0.0895. The van der Waals surface area contributed by atoms with Gasteiger partial charge in [-0.05, 0) is 42.0 Å². The molecule has 1 aromatic heterocycles. The molecule has 0 spiro atoms. The van der Waals surface area contributed by atoms with Crippen molar-refractivity contribution in [3.63, 3.8) is 0 Å². The Morgan fingerprint density at radius 2 is 1.60 bits per heavy atom. The van der Waals surface area contributed by atoms with Crippen molar-refractivity contribution in [3.05, 3.63) is 111 Å². The number of aliphatic carboxylic acids is 1. The topological polar surface area (TPSA) is 106 Å². The number of carbonyl (C=O) groups excluding carboxylic acids is 1. The highest BCUT2D eigenvalue weighted by molar-refractivity contribution is 6.30. The van der Waals surface area contributed by atoms with E-state index in [1.165, 1.54) is 30.3 Å². The number of nitrogens with one attached hydrogen (secondary N) is 1. The van der Waals surface area contributed by atoms with Crippen LogP contribution in [0.5, 0.6) is 0 Å². The molecule has 0 aliphatic heterocycles. The fraction of sp³-hybridized carbons (Fsp3) is 0.185. The molecule has 4 rings (SSSR count). The lowest BCUT2D eigenvalue weighted by molar-refractivity contribution is -0.143. The Balaban J connectivity index is 1.62. The fourth-order valence-electron chi connectivity index (χ4n) is 4.07. The van der Waals surface area contributed by atoms with E-state index in [9.17, 15) is 37.1 Å². The number of nitrogens with zero attached hydrogens (tertiary/aromatic N) is 3. The molecule has 0 bridgehead atoms. The summed E-state index contributed by atoms with van der Waals surface area (Å²) in [5, 5.41) is 16.4. The molecule has 0 unspecified atom stereocenters. The average Bonchev–Trinajstić information content (AvgIpc) is 3.19. The average molecular weight is 577 g/mol. The van der Waals surface area contributed by atoms with Gasteiger partial charge >= 0.3 is 17.8 Å². The smallest absolute Gasteiger partial charge is 0.416 e. The number of alkyl halides is 3. The van der Waals surface area contributed by atoms with Gasteiger partial charge in [-0.15, -0.1) is 5.10 Å². The second-order valence-electron chi connectivity index (χ2n) is 8.77. The minimum atomic E-state index is -4.72. The van der Waals surface area contributed by atoms with Gasteiger partial charge in [0.1, 0.15) is 18.4 Å². The highest BCUT2D eigenvalue weighted by atomic mass is 35.5. The van der Waals surface area contributed by atoms with Gasteiger partial charge < -0.3 is 10.4 Å². The second-order valence-corrected chi connectivity index (χ2v) is 9.20. The molecule has 4 aromatic rings. The van der Waals surface area contributed by atoms with Gasteiger partial charge in [0.2, 0.25) is 5.91 Å². The van der Waals surface area contributed by atoms with E-state index in [0.29, 0.717) is 10.6 Å². The molecule has 0 saturated carbocycles. The zero-order chi connectivity index (χ0) is 29.0. The summed E-state index contributed by atoms with van der Waals surface area (Å²) in [5.41, 5.74) is -1.52. The largest absolute Gasteiger partial charge is 0.480 e. The number of carboxylic acid groups (broad SMARTS) is 1. The molecule has 8 nitrogen and oxygen atoms in total. The lowest BCUT2D eigenvalue weighted by Gasteiger charge is -2.18. The molecule has 1 amide bonds. The van der Waals surface area contributed by atoms with E-state index in [1.54, 1.807) is 30.3 Å². The van der Waals surface area contributed by atoms with Gasteiger partial charge in [0, 0.05) is 22.6 Å². The summed E-state index contributed by atoms with van der Waals surface area (Å²) < 4.78 is 56.4. The molecule has 2 N–H and O–H groups in total. The van der Waals surface area contributed by atoms with Gasteiger partial charge in [0.25, 0.3) is 0 Å². The first-order valence-corrected chi connectivity index (χ1v) is 12.2. The summed E-state index contributed by atoms with van der Waals surface area (Å²) in [6.07, 6.45) is -5.37. The fourth-order valence-corrected chi connectivity index (χ4v) is 4.19. The summed E-state index contributed by atoms with van der Waals surface area (Å²) in [6.45, 7) is -0.967. The Morgan fingerprint density at radius 3 is 2.23 bits per heavy atom. The van der Waals surface area contributed by atoms with Crippen molar-refractivity contribution in [2.75, 3.05) is 0 Å². The Labute approximate surface area is 229 Å². The molecule has 13 heteroatoms. The lowest BCUT2D eigenvalue weighted by atomic mass is 9.99. The summed E-state index contributed by atoms with van der Waals surface area (Å²) in [5.74, 6) is -3.02. The number of amides is 1. The van der Waals surface area contributed by atoms with Gasteiger partial charge in [0.05, 0.1) is 12.1 Å². The Morgan fingerprint density at radius 1 is 0.975 bits per heavy atom. The molecular formula is C27H21ClF4N4O4. The highest BCUT2D eigenvalue weighted by Gasteiger charge is 2.34. The van der Waals surface area contributed by atoms with Gasteiger partial charge in [-0.25, -0.2) is 18.7 Å². The SMILES string of the molecule is O=C(Cn1nc(-c2ccc(Cl)cc2)n(Cc2ccccc2F)c1=O)N[C@H](Cc1ccccc1C(F)(F)F)C(=O)O. The number of halogens is 5. The number of carboxylic acids is 1. The molecule has 208 valence electrons. The molecule has 1 heterocycles. The first kappa shape index (κ1) is 28.6. The second kappa shape index (κ2) is 11.7. The molecule has 0 saturated heterocycles. The van der Waals surface area contributed by atoms with E-state index in [1.807, 2.05) is 0 Å². The zero-order valence-electron chi connectivity index (χ0n) is 20.5. The summed E-state index contributed by atoms with van der Waals surface area (Å²) in [4.78, 5) is 37.8. The predicted octanol–water partition coefficient (Wildman–Crippen LogP) is 4.38. The van der Waals surface area contributed by atoms with Crippen molar-refractivity contribution in [2.45, 2.75) is 31.7 Å². The van der Waals surface area contributed by atoms with Crippen molar-refractivity contribution >= 4 is 23.5 Å². The first-order valence-electron chi connectivity index (χ1n) is 11.8. The van der Waals surface area contributed by atoms with Crippen LogP contribution < -0.4 is 11.0 Å². The van der Waals surface area contributed by atoms with Crippen LogP contribution in [-0.2, 0) is 35.3 Å². The molecular weight excluding hydrogens is 556 g/mol. The lowest BCUT2D eigenvalue weighted by Crippen LogP contribution is -2.45. The number of hydrogen-bond donors (Lipinski definition) is 2. The molecule has 0 aliphatic carbocycles. The van der Waals surface area contributed by atoms with Crippen LogP contribution in [-0.4, -0.2) is 37.4 Å². The number of aromatic nitrogens is 3. The van der Waals surface area contributed by atoms with Crippen molar-refractivity contribution in [1.82, 2.24) is 19.7 Å². The van der Waals surface area contributed by atoms with Crippen LogP contribution in [0.25, 0.3) is 11.4 Å². The van der Waals surface area contributed by atoms with Crippen molar-refractivity contribution in [2.24, 2.45) is 0 Å². The molecule has 0 radical (unpaired) electrons. The monoisotopic (exact) mass is 576 g/mol. The van der Waals surface area contributed by atoms with Crippen molar-refractivity contribution in [1.29, 1.82) is 0 Å². The van der Waals surface area contributed by atoms with E-state index >= 15 is 0 Å². The van der Waals surface area contributed by atoms with E-state index in [2.05, 4.69) is 10.4 Å². The number of hydrogen-bond acceptors (Lipinski definition) is 4. The van der Waals surface area contributed by atoms with E-state index < -0.39 is 54.1 Å². The zero-order valence-corrected chi connectivity index (χ0v) is 21.3. The van der Waals surface area contributed by atoms with Crippen LogP contribution in [0.4, 0.5) is 17.6 Å².